The van der Waals surface area contributed by atoms with Crippen LogP contribution in [-0.2, 0) is 14.8 Å². The van der Waals surface area contributed by atoms with E-state index in [4.69, 9.17) is 0 Å². The summed E-state index contributed by atoms with van der Waals surface area (Å²) in [5.74, 6) is 0.0163. The first-order valence-corrected chi connectivity index (χ1v) is 9.63. The average molecular weight is 338 g/mol. The van der Waals surface area contributed by atoms with Crippen LogP contribution in [0.15, 0.2) is 23.1 Å². The van der Waals surface area contributed by atoms with Gasteiger partial charge in [-0.15, -0.1) is 0 Å². The average Bonchev–Trinajstić information content (AvgIpc) is 2.96. The molecule has 1 fully saturated rings. The van der Waals surface area contributed by atoms with Crippen LogP contribution in [0.4, 0.5) is 0 Å². The minimum atomic E-state index is -3.54. The van der Waals surface area contributed by atoms with Gasteiger partial charge in [-0.05, 0) is 38.3 Å². The minimum Gasteiger partial charge on any atom is -0.339 e. The number of rotatable bonds is 6. The van der Waals surface area contributed by atoms with Crippen LogP contribution < -0.4 is 4.72 Å². The fourth-order valence-electron chi connectivity index (χ4n) is 3.29. The second-order valence-electron chi connectivity index (χ2n) is 6.32. The zero-order chi connectivity index (χ0) is 17.0. The zero-order valence-electron chi connectivity index (χ0n) is 14.1. The molecule has 5 nitrogen and oxygen atoms in total. The lowest BCUT2D eigenvalue weighted by Gasteiger charge is -2.28. The summed E-state index contributed by atoms with van der Waals surface area (Å²) in [7, 11) is -3.54. The number of carbonyl (C=O) groups excluding carboxylic acids is 1. The van der Waals surface area contributed by atoms with Crippen molar-refractivity contribution in [1.29, 1.82) is 0 Å². The Labute approximate surface area is 139 Å². The first-order chi connectivity index (χ1) is 10.8. The number of nitrogens with one attached hydrogen (secondary N) is 1. The third-order valence-electron chi connectivity index (χ3n) is 4.43. The molecule has 1 aromatic rings. The molecule has 0 atom stereocenters. The SMILES string of the molecule is CC(=O)N(CCNS(=O)(=O)c1ccc(C)cc1C)C1CCCC1. The van der Waals surface area contributed by atoms with Crippen molar-refractivity contribution in [3.8, 4) is 0 Å². The van der Waals surface area contributed by atoms with Crippen molar-refractivity contribution in [3.63, 3.8) is 0 Å². The first-order valence-electron chi connectivity index (χ1n) is 8.15. The Kier molecular flexibility index (Phi) is 5.81. The molecule has 1 aliphatic rings. The number of hydrogen-bond donors (Lipinski definition) is 1. The van der Waals surface area contributed by atoms with Crippen molar-refractivity contribution in [2.75, 3.05) is 13.1 Å². The number of hydrogen-bond acceptors (Lipinski definition) is 3. The highest BCUT2D eigenvalue weighted by molar-refractivity contribution is 7.89. The normalized spacial score (nSPS) is 15.8. The van der Waals surface area contributed by atoms with Gasteiger partial charge in [0, 0.05) is 26.1 Å². The van der Waals surface area contributed by atoms with E-state index in [1.165, 1.54) is 0 Å². The van der Waals surface area contributed by atoms with Crippen LogP contribution in [0.2, 0.25) is 0 Å². The maximum Gasteiger partial charge on any atom is 0.240 e. The van der Waals surface area contributed by atoms with Crippen LogP contribution in [0.25, 0.3) is 0 Å². The highest BCUT2D eigenvalue weighted by atomic mass is 32.2. The van der Waals surface area contributed by atoms with Crippen molar-refractivity contribution in [3.05, 3.63) is 29.3 Å². The molecule has 1 aromatic carbocycles. The molecule has 128 valence electrons. The van der Waals surface area contributed by atoms with E-state index in [1.807, 2.05) is 13.0 Å². The van der Waals surface area contributed by atoms with Crippen molar-refractivity contribution >= 4 is 15.9 Å². The van der Waals surface area contributed by atoms with Crippen LogP contribution in [0.1, 0.15) is 43.7 Å². The van der Waals surface area contributed by atoms with Gasteiger partial charge in [0.25, 0.3) is 0 Å². The van der Waals surface area contributed by atoms with E-state index in [0.717, 1.165) is 36.8 Å². The maximum absolute atomic E-state index is 12.4. The molecule has 1 aliphatic carbocycles. The molecule has 0 bridgehead atoms. The minimum absolute atomic E-state index is 0.0163. The molecule has 6 heteroatoms. The summed E-state index contributed by atoms with van der Waals surface area (Å²) in [4.78, 5) is 13.9. The van der Waals surface area contributed by atoms with Crippen molar-refractivity contribution in [2.24, 2.45) is 0 Å². The molecule has 0 aliphatic heterocycles. The smallest absolute Gasteiger partial charge is 0.240 e. The van der Waals surface area contributed by atoms with Gasteiger partial charge in [0.05, 0.1) is 4.90 Å². The van der Waals surface area contributed by atoms with Crippen LogP contribution in [0, 0.1) is 13.8 Å². The van der Waals surface area contributed by atoms with E-state index < -0.39 is 10.0 Å². The molecule has 0 radical (unpaired) electrons. The van der Waals surface area contributed by atoms with Gasteiger partial charge in [0.15, 0.2) is 0 Å². The third kappa shape index (κ3) is 4.54. The highest BCUT2D eigenvalue weighted by Gasteiger charge is 2.25. The molecule has 1 saturated carbocycles. The number of nitrogens with zero attached hydrogens (tertiary/aromatic N) is 1. The van der Waals surface area contributed by atoms with Crippen molar-refractivity contribution < 1.29 is 13.2 Å². The molecule has 0 spiro atoms. The monoisotopic (exact) mass is 338 g/mol. The lowest BCUT2D eigenvalue weighted by atomic mass is 10.2. The van der Waals surface area contributed by atoms with Crippen LogP contribution in [0.5, 0.6) is 0 Å². The summed E-state index contributed by atoms with van der Waals surface area (Å²) in [6.07, 6.45) is 4.32. The van der Waals surface area contributed by atoms with Gasteiger partial charge in [-0.2, -0.15) is 0 Å². The molecule has 23 heavy (non-hydrogen) atoms. The zero-order valence-corrected chi connectivity index (χ0v) is 14.9. The lowest BCUT2D eigenvalue weighted by molar-refractivity contribution is -0.130. The van der Waals surface area contributed by atoms with Crippen LogP contribution in [-0.4, -0.2) is 38.4 Å². The fraction of sp³-hybridized carbons (Fsp3) is 0.588. The molecule has 1 amide bonds. The van der Waals surface area contributed by atoms with E-state index in [0.29, 0.717) is 11.4 Å². The van der Waals surface area contributed by atoms with Crippen molar-refractivity contribution in [1.82, 2.24) is 9.62 Å². The fourth-order valence-corrected chi connectivity index (χ4v) is 4.54. The number of carbonyl (C=O) groups is 1. The van der Waals surface area contributed by atoms with Crippen LogP contribution >= 0.6 is 0 Å². The first kappa shape index (κ1) is 17.9. The number of sulfonamides is 1. The third-order valence-corrected chi connectivity index (χ3v) is 6.06. The van der Waals surface area contributed by atoms with Gasteiger partial charge < -0.3 is 4.90 Å². The number of amides is 1. The van der Waals surface area contributed by atoms with E-state index in [1.54, 1.807) is 30.9 Å². The Hall–Kier alpha value is -1.40. The molecular formula is C17H26N2O3S. The summed E-state index contributed by atoms with van der Waals surface area (Å²) in [6.45, 7) is 5.94. The van der Waals surface area contributed by atoms with Gasteiger partial charge in [0.1, 0.15) is 0 Å². The summed E-state index contributed by atoms with van der Waals surface area (Å²) in [5, 5.41) is 0. The van der Waals surface area contributed by atoms with Crippen LogP contribution in [0.3, 0.4) is 0 Å². The standard InChI is InChI=1S/C17H26N2O3S/c1-13-8-9-17(14(2)12-13)23(21,22)18-10-11-19(15(3)20)16-6-4-5-7-16/h8-9,12,16,18H,4-7,10-11H2,1-3H3. The molecule has 2 rings (SSSR count). The van der Waals surface area contributed by atoms with Crippen molar-refractivity contribution in [2.45, 2.75) is 57.4 Å². The van der Waals surface area contributed by atoms with Gasteiger partial charge in [-0.3, -0.25) is 4.79 Å². The Bertz CT molecular complexity index is 664. The molecular weight excluding hydrogens is 312 g/mol. The summed E-state index contributed by atoms with van der Waals surface area (Å²) in [6, 6.07) is 5.54. The summed E-state index contributed by atoms with van der Waals surface area (Å²) in [5.41, 5.74) is 1.77. The van der Waals surface area contributed by atoms with Gasteiger partial charge in [0.2, 0.25) is 15.9 Å². The molecule has 1 N–H and O–H groups in total. The summed E-state index contributed by atoms with van der Waals surface area (Å²) >= 11 is 0. The predicted molar refractivity (Wildman–Crippen MR) is 90.7 cm³/mol. The molecule has 0 unspecified atom stereocenters. The predicted octanol–water partition coefficient (Wildman–Crippen LogP) is 2.37. The highest BCUT2D eigenvalue weighted by Crippen LogP contribution is 2.23. The van der Waals surface area contributed by atoms with E-state index in [9.17, 15) is 13.2 Å². The summed E-state index contributed by atoms with van der Waals surface area (Å²) < 4.78 is 27.5. The number of benzene rings is 1. The Morgan fingerprint density at radius 3 is 2.48 bits per heavy atom. The van der Waals surface area contributed by atoms with E-state index in [2.05, 4.69) is 4.72 Å². The molecule has 0 saturated heterocycles. The molecule has 0 heterocycles. The Morgan fingerprint density at radius 1 is 1.26 bits per heavy atom. The van der Waals surface area contributed by atoms with Gasteiger partial charge in [-0.1, -0.05) is 30.5 Å². The number of aryl methyl sites for hydroxylation is 2. The second kappa shape index (κ2) is 7.45. The topological polar surface area (TPSA) is 66.5 Å². The molecule has 0 aromatic heterocycles. The Balaban J connectivity index is 1.99. The van der Waals surface area contributed by atoms with E-state index >= 15 is 0 Å². The maximum atomic E-state index is 12.4. The second-order valence-corrected chi connectivity index (χ2v) is 8.05. The van der Waals surface area contributed by atoms with Gasteiger partial charge in [-0.25, -0.2) is 13.1 Å². The lowest BCUT2D eigenvalue weighted by Crippen LogP contribution is -2.42. The Morgan fingerprint density at radius 2 is 1.91 bits per heavy atom. The van der Waals surface area contributed by atoms with Gasteiger partial charge >= 0.3 is 0 Å². The quantitative estimate of drug-likeness (QED) is 0.866. The van der Waals surface area contributed by atoms with E-state index in [-0.39, 0.29) is 18.5 Å². The largest absolute Gasteiger partial charge is 0.339 e.